The predicted molar refractivity (Wildman–Crippen MR) is 98.4 cm³/mol. The lowest BCUT2D eigenvalue weighted by atomic mass is 9.93. The smallest absolute Gasteiger partial charge is 0.307 e. The van der Waals surface area contributed by atoms with Crippen molar-refractivity contribution >= 4 is 23.3 Å². The van der Waals surface area contributed by atoms with Crippen molar-refractivity contribution in [2.75, 3.05) is 19.4 Å². The topological polar surface area (TPSA) is 35.6 Å². The van der Waals surface area contributed by atoms with E-state index in [1.165, 1.54) is 0 Å². The third kappa shape index (κ3) is 2.99. The number of anilines is 1. The van der Waals surface area contributed by atoms with Gasteiger partial charge in [0.1, 0.15) is 0 Å². The highest BCUT2D eigenvalue weighted by atomic mass is 35.5. The number of benzene rings is 2. The number of carbonyl (C=O) groups is 1. The molecule has 1 N–H and O–H groups in total. The largest absolute Gasteiger partial charge is 0.323 e. The Balaban J connectivity index is 2.18. The predicted octanol–water partition coefficient (Wildman–Crippen LogP) is 4.57. The van der Waals surface area contributed by atoms with Gasteiger partial charge in [-0.05, 0) is 44.3 Å². The Morgan fingerprint density at radius 2 is 1.92 bits per heavy atom. The molecule has 1 heterocycles. The Kier molecular flexibility index (Phi) is 4.78. The van der Waals surface area contributed by atoms with Crippen LogP contribution in [0.25, 0.3) is 0 Å². The highest BCUT2D eigenvalue weighted by Crippen LogP contribution is 2.40. The van der Waals surface area contributed by atoms with Crippen molar-refractivity contribution in [3.05, 3.63) is 64.7 Å². The van der Waals surface area contributed by atoms with E-state index in [2.05, 4.69) is 29.3 Å². The number of hydrogen-bond donors (Lipinski definition) is 1. The average Bonchev–Trinajstić information content (AvgIpc) is 2.57. The molecule has 3 rings (SSSR count). The van der Waals surface area contributed by atoms with Crippen molar-refractivity contribution in [3.8, 4) is 0 Å². The van der Waals surface area contributed by atoms with Gasteiger partial charge in [-0.25, -0.2) is 4.79 Å². The van der Waals surface area contributed by atoms with E-state index >= 15 is 0 Å². The molecule has 0 bridgehead atoms. The maximum Gasteiger partial charge on any atom is 0.323 e. The lowest BCUT2D eigenvalue weighted by Gasteiger charge is -2.44. The molecule has 0 saturated carbocycles. The fraction of sp³-hybridized carbons (Fsp3) is 0.316. The molecule has 0 aromatic heterocycles. The van der Waals surface area contributed by atoms with E-state index in [-0.39, 0.29) is 18.2 Å². The van der Waals surface area contributed by atoms with Crippen LogP contribution in [-0.2, 0) is 0 Å². The molecule has 5 heteroatoms. The molecule has 2 aromatic carbocycles. The van der Waals surface area contributed by atoms with Crippen LogP contribution >= 0.6 is 11.6 Å². The van der Waals surface area contributed by atoms with Gasteiger partial charge in [-0.3, -0.25) is 9.80 Å². The molecule has 4 nitrogen and oxygen atoms in total. The number of halogens is 1. The first-order chi connectivity index (χ1) is 11.5. The quantitative estimate of drug-likeness (QED) is 0.882. The van der Waals surface area contributed by atoms with Crippen LogP contribution in [0.1, 0.15) is 30.5 Å². The van der Waals surface area contributed by atoms with Crippen LogP contribution in [-0.4, -0.2) is 36.1 Å². The Labute approximate surface area is 148 Å². The Morgan fingerprint density at radius 1 is 1.21 bits per heavy atom. The number of nitrogens with zero attached hydrogens (tertiary/aromatic N) is 2. The van der Waals surface area contributed by atoms with Crippen LogP contribution in [0.3, 0.4) is 0 Å². The first-order valence-corrected chi connectivity index (χ1v) is 8.51. The summed E-state index contributed by atoms with van der Waals surface area (Å²) < 4.78 is 0. The molecule has 0 saturated heterocycles. The first-order valence-electron chi connectivity index (χ1n) is 8.13. The third-order valence-corrected chi connectivity index (χ3v) is 4.70. The molecule has 0 radical (unpaired) electrons. The van der Waals surface area contributed by atoms with Gasteiger partial charge in [-0.1, -0.05) is 48.9 Å². The van der Waals surface area contributed by atoms with Gasteiger partial charge < -0.3 is 5.32 Å². The van der Waals surface area contributed by atoms with E-state index in [0.29, 0.717) is 5.02 Å². The summed E-state index contributed by atoms with van der Waals surface area (Å²) in [6.45, 7) is 2.09. The summed E-state index contributed by atoms with van der Waals surface area (Å²) in [5, 5.41) is 3.68. The molecule has 0 spiro atoms. The van der Waals surface area contributed by atoms with Crippen LogP contribution in [0, 0.1) is 0 Å². The molecule has 24 heavy (non-hydrogen) atoms. The molecular formula is C19H22ClN3O. The summed E-state index contributed by atoms with van der Waals surface area (Å²) >= 11 is 6.25. The summed E-state index contributed by atoms with van der Waals surface area (Å²) in [6.07, 6.45) is 0.821. The van der Waals surface area contributed by atoms with Crippen molar-refractivity contribution in [1.82, 2.24) is 9.80 Å². The van der Waals surface area contributed by atoms with E-state index in [9.17, 15) is 4.79 Å². The molecule has 0 aliphatic carbocycles. The monoisotopic (exact) mass is 343 g/mol. The number of nitrogens with one attached hydrogen (secondary N) is 1. The zero-order chi connectivity index (χ0) is 17.3. The Bertz CT molecular complexity index is 733. The van der Waals surface area contributed by atoms with Crippen molar-refractivity contribution in [2.24, 2.45) is 0 Å². The molecular weight excluding hydrogens is 322 g/mol. The van der Waals surface area contributed by atoms with Crippen molar-refractivity contribution in [2.45, 2.75) is 25.6 Å². The maximum absolute atomic E-state index is 12.9. The second kappa shape index (κ2) is 6.83. The summed E-state index contributed by atoms with van der Waals surface area (Å²) in [7, 11) is 3.99. The zero-order valence-electron chi connectivity index (χ0n) is 14.2. The van der Waals surface area contributed by atoms with Crippen LogP contribution in [0.4, 0.5) is 10.5 Å². The van der Waals surface area contributed by atoms with Crippen LogP contribution in [0.2, 0.25) is 5.02 Å². The van der Waals surface area contributed by atoms with E-state index in [4.69, 9.17) is 11.6 Å². The van der Waals surface area contributed by atoms with Crippen molar-refractivity contribution in [1.29, 1.82) is 0 Å². The number of rotatable bonds is 4. The zero-order valence-corrected chi connectivity index (χ0v) is 14.9. The number of hydrogen-bond acceptors (Lipinski definition) is 2. The first kappa shape index (κ1) is 16.8. The summed E-state index contributed by atoms with van der Waals surface area (Å²) in [5.41, 5.74) is 2.92. The van der Waals surface area contributed by atoms with E-state index in [1.807, 2.05) is 55.4 Å². The van der Waals surface area contributed by atoms with E-state index in [0.717, 1.165) is 23.2 Å². The molecule has 126 valence electrons. The molecule has 1 aliphatic rings. The Hall–Kier alpha value is -2.04. The van der Waals surface area contributed by atoms with Gasteiger partial charge in [-0.15, -0.1) is 0 Å². The summed E-state index contributed by atoms with van der Waals surface area (Å²) in [6, 6.07) is 15.5. The minimum atomic E-state index is -0.166. The maximum atomic E-state index is 12.9. The average molecular weight is 344 g/mol. The number of carbonyl (C=O) groups excluding carboxylic acids is 1. The molecule has 2 amide bonds. The minimum Gasteiger partial charge on any atom is -0.307 e. The molecule has 2 aromatic rings. The lowest BCUT2D eigenvalue weighted by Crippen LogP contribution is -2.53. The molecule has 2 atom stereocenters. The standard InChI is InChI=1S/C19H22ClN3O/c1-4-17(22(2)3)23-18(13-8-6-5-7-9-13)15-12-14(20)10-11-16(15)21-19(23)24/h5-12,17-18H,4H2,1-3H3,(H,21,24). The van der Waals surface area contributed by atoms with E-state index in [1.54, 1.807) is 0 Å². The van der Waals surface area contributed by atoms with Gasteiger partial charge in [0, 0.05) is 16.3 Å². The number of amides is 2. The minimum absolute atomic E-state index is 0.0117. The third-order valence-electron chi connectivity index (χ3n) is 4.46. The van der Waals surface area contributed by atoms with Gasteiger partial charge in [0.05, 0.1) is 12.2 Å². The van der Waals surface area contributed by atoms with Crippen LogP contribution in [0.15, 0.2) is 48.5 Å². The fourth-order valence-corrected chi connectivity index (χ4v) is 3.59. The van der Waals surface area contributed by atoms with Crippen molar-refractivity contribution < 1.29 is 4.79 Å². The highest BCUT2D eigenvalue weighted by molar-refractivity contribution is 6.30. The van der Waals surface area contributed by atoms with Gasteiger partial charge in [0.25, 0.3) is 0 Å². The summed E-state index contributed by atoms with van der Waals surface area (Å²) in [5.74, 6) is 0. The number of urea groups is 1. The Morgan fingerprint density at radius 3 is 2.54 bits per heavy atom. The van der Waals surface area contributed by atoms with Gasteiger partial charge in [0.15, 0.2) is 0 Å². The van der Waals surface area contributed by atoms with Gasteiger partial charge >= 0.3 is 6.03 Å². The molecule has 2 unspecified atom stereocenters. The normalized spacial score (nSPS) is 18.3. The van der Waals surface area contributed by atoms with E-state index < -0.39 is 0 Å². The second-order valence-corrected chi connectivity index (χ2v) is 6.67. The van der Waals surface area contributed by atoms with Crippen molar-refractivity contribution in [3.63, 3.8) is 0 Å². The van der Waals surface area contributed by atoms with Gasteiger partial charge in [0.2, 0.25) is 0 Å². The fourth-order valence-electron chi connectivity index (χ4n) is 3.41. The molecule has 1 aliphatic heterocycles. The second-order valence-electron chi connectivity index (χ2n) is 6.23. The highest BCUT2D eigenvalue weighted by Gasteiger charge is 2.38. The number of fused-ring (bicyclic) bond motifs is 1. The lowest BCUT2D eigenvalue weighted by molar-refractivity contribution is 0.0821. The molecule has 0 fully saturated rings. The van der Waals surface area contributed by atoms with Gasteiger partial charge in [-0.2, -0.15) is 0 Å². The van der Waals surface area contributed by atoms with Crippen LogP contribution in [0.5, 0.6) is 0 Å². The summed E-state index contributed by atoms with van der Waals surface area (Å²) in [4.78, 5) is 16.9. The van der Waals surface area contributed by atoms with Crippen LogP contribution < -0.4 is 5.32 Å². The SMILES string of the molecule is CCC(N(C)C)N1C(=O)Nc2ccc(Cl)cc2C1c1ccccc1.